The van der Waals surface area contributed by atoms with Gasteiger partial charge in [0.2, 0.25) is 17.6 Å². The Balaban J connectivity index is 1.49. The number of hydrogen-bond acceptors (Lipinski definition) is 7. The van der Waals surface area contributed by atoms with E-state index in [2.05, 4.69) is 20.4 Å². The molecule has 0 fully saturated rings. The van der Waals surface area contributed by atoms with E-state index in [4.69, 9.17) is 8.94 Å². The molecule has 136 valence electrons. The van der Waals surface area contributed by atoms with Crippen LogP contribution in [0.1, 0.15) is 24.1 Å². The zero-order chi connectivity index (χ0) is 18.4. The van der Waals surface area contributed by atoms with Gasteiger partial charge in [0.15, 0.2) is 0 Å². The van der Waals surface area contributed by atoms with Gasteiger partial charge in [-0.05, 0) is 38.4 Å². The van der Waals surface area contributed by atoms with Crippen molar-refractivity contribution < 1.29 is 13.7 Å². The van der Waals surface area contributed by atoms with Gasteiger partial charge < -0.3 is 14.3 Å². The third-order valence-corrected chi connectivity index (χ3v) is 3.94. The van der Waals surface area contributed by atoms with Crippen LogP contribution >= 0.6 is 0 Å². The first-order valence-electron chi connectivity index (χ1n) is 8.33. The summed E-state index contributed by atoms with van der Waals surface area (Å²) in [4.78, 5) is 22.4. The van der Waals surface area contributed by atoms with Gasteiger partial charge in [-0.1, -0.05) is 5.16 Å². The van der Waals surface area contributed by atoms with Crippen LogP contribution in [0.4, 0.5) is 0 Å². The zero-order valence-corrected chi connectivity index (χ0v) is 14.8. The van der Waals surface area contributed by atoms with Crippen LogP contribution in [0.5, 0.6) is 0 Å². The molecule has 0 aliphatic carbocycles. The molecule has 0 saturated heterocycles. The molecule has 0 spiro atoms. The molecule has 3 heterocycles. The molecule has 1 atom stereocenters. The Morgan fingerprint density at radius 2 is 2.19 bits per heavy atom. The van der Waals surface area contributed by atoms with Gasteiger partial charge >= 0.3 is 0 Å². The van der Waals surface area contributed by atoms with Crippen LogP contribution in [0.3, 0.4) is 0 Å². The lowest BCUT2D eigenvalue weighted by Crippen LogP contribution is -2.34. The molecule has 0 aliphatic heterocycles. The fourth-order valence-electron chi connectivity index (χ4n) is 2.51. The van der Waals surface area contributed by atoms with Crippen molar-refractivity contribution in [3.8, 4) is 11.4 Å². The SMILES string of the molecule is CN(C)C(CNC(=O)CCc1nc(-c2cccnc2)no1)c1ccco1. The van der Waals surface area contributed by atoms with Crippen molar-refractivity contribution in [1.29, 1.82) is 0 Å². The van der Waals surface area contributed by atoms with E-state index in [0.29, 0.717) is 24.7 Å². The lowest BCUT2D eigenvalue weighted by atomic mass is 10.2. The Labute approximate surface area is 151 Å². The predicted molar refractivity (Wildman–Crippen MR) is 94.0 cm³/mol. The summed E-state index contributed by atoms with van der Waals surface area (Å²) in [6.07, 6.45) is 5.62. The number of amides is 1. The molecule has 26 heavy (non-hydrogen) atoms. The Kier molecular flexibility index (Phi) is 5.75. The molecule has 3 aromatic rings. The van der Waals surface area contributed by atoms with Crippen molar-refractivity contribution in [3.63, 3.8) is 0 Å². The van der Waals surface area contributed by atoms with Crippen LogP contribution in [0.15, 0.2) is 51.9 Å². The third kappa shape index (κ3) is 4.54. The molecular weight excluding hydrogens is 334 g/mol. The van der Waals surface area contributed by atoms with Crippen LogP contribution in [0.2, 0.25) is 0 Å². The van der Waals surface area contributed by atoms with Gasteiger partial charge in [-0.25, -0.2) is 0 Å². The Bertz CT molecular complexity index is 814. The largest absolute Gasteiger partial charge is 0.468 e. The number of furan rings is 1. The second-order valence-corrected chi connectivity index (χ2v) is 6.05. The minimum atomic E-state index is -0.0791. The molecule has 1 N–H and O–H groups in total. The molecule has 3 rings (SSSR count). The van der Waals surface area contributed by atoms with Crippen LogP contribution in [-0.4, -0.2) is 46.6 Å². The van der Waals surface area contributed by atoms with E-state index in [0.717, 1.165) is 11.3 Å². The van der Waals surface area contributed by atoms with Crippen LogP contribution in [0, 0.1) is 0 Å². The maximum atomic E-state index is 12.1. The van der Waals surface area contributed by atoms with Gasteiger partial charge in [0, 0.05) is 37.3 Å². The molecule has 3 aromatic heterocycles. The van der Waals surface area contributed by atoms with E-state index in [-0.39, 0.29) is 18.4 Å². The number of pyridine rings is 1. The summed E-state index contributed by atoms with van der Waals surface area (Å²) in [5.41, 5.74) is 0.777. The minimum Gasteiger partial charge on any atom is -0.468 e. The summed E-state index contributed by atoms with van der Waals surface area (Å²) in [5.74, 6) is 1.63. The zero-order valence-electron chi connectivity index (χ0n) is 14.8. The highest BCUT2D eigenvalue weighted by atomic mass is 16.5. The first kappa shape index (κ1) is 17.8. The van der Waals surface area contributed by atoms with E-state index in [1.165, 1.54) is 0 Å². The van der Waals surface area contributed by atoms with Crippen LogP contribution in [-0.2, 0) is 11.2 Å². The fourth-order valence-corrected chi connectivity index (χ4v) is 2.51. The molecule has 0 radical (unpaired) electrons. The van der Waals surface area contributed by atoms with Gasteiger partial charge in [0.05, 0.1) is 12.3 Å². The van der Waals surface area contributed by atoms with E-state index in [9.17, 15) is 4.79 Å². The number of carbonyl (C=O) groups is 1. The first-order chi connectivity index (χ1) is 12.6. The van der Waals surface area contributed by atoms with E-state index in [1.54, 1.807) is 24.7 Å². The molecule has 0 aliphatic rings. The van der Waals surface area contributed by atoms with Gasteiger partial charge in [0.25, 0.3) is 0 Å². The first-order valence-corrected chi connectivity index (χ1v) is 8.33. The standard InChI is InChI=1S/C18H21N5O3/c1-23(2)14(15-6-4-10-25-15)12-20-16(24)7-8-17-21-18(22-26-17)13-5-3-9-19-11-13/h3-6,9-11,14H,7-8,12H2,1-2H3,(H,20,24). The van der Waals surface area contributed by atoms with Crippen LogP contribution in [0.25, 0.3) is 11.4 Å². The predicted octanol–water partition coefficient (Wildman–Crippen LogP) is 2.08. The molecule has 0 saturated carbocycles. The Morgan fingerprint density at radius 3 is 2.88 bits per heavy atom. The fraction of sp³-hybridized carbons (Fsp3) is 0.333. The number of aryl methyl sites for hydroxylation is 1. The summed E-state index contributed by atoms with van der Waals surface area (Å²) in [6, 6.07) is 7.37. The minimum absolute atomic E-state index is 0.0189. The Morgan fingerprint density at radius 1 is 1.31 bits per heavy atom. The van der Waals surface area contributed by atoms with E-state index >= 15 is 0 Å². The normalized spacial score (nSPS) is 12.3. The lowest BCUT2D eigenvalue weighted by molar-refractivity contribution is -0.121. The van der Waals surface area contributed by atoms with Gasteiger partial charge in [0.1, 0.15) is 5.76 Å². The topological polar surface area (TPSA) is 97.3 Å². The highest BCUT2D eigenvalue weighted by Gasteiger charge is 2.18. The maximum Gasteiger partial charge on any atom is 0.227 e. The van der Waals surface area contributed by atoms with Crippen molar-refractivity contribution >= 4 is 5.91 Å². The van der Waals surface area contributed by atoms with Gasteiger partial charge in [-0.2, -0.15) is 4.98 Å². The number of nitrogens with zero attached hydrogens (tertiary/aromatic N) is 4. The molecule has 0 aromatic carbocycles. The third-order valence-electron chi connectivity index (χ3n) is 3.94. The summed E-state index contributed by atoms with van der Waals surface area (Å²) in [6.45, 7) is 0.462. The van der Waals surface area contributed by atoms with Gasteiger partial charge in [-0.15, -0.1) is 0 Å². The molecule has 8 heteroatoms. The maximum absolute atomic E-state index is 12.1. The second-order valence-electron chi connectivity index (χ2n) is 6.05. The number of nitrogens with one attached hydrogen (secondary N) is 1. The molecule has 1 amide bonds. The average molecular weight is 355 g/mol. The Hall–Kier alpha value is -3.00. The number of likely N-dealkylation sites (N-methyl/N-ethyl adjacent to an activating group) is 1. The molecule has 8 nitrogen and oxygen atoms in total. The number of hydrogen-bond donors (Lipinski definition) is 1. The summed E-state index contributed by atoms with van der Waals surface area (Å²) in [7, 11) is 3.88. The lowest BCUT2D eigenvalue weighted by Gasteiger charge is -2.22. The monoisotopic (exact) mass is 355 g/mol. The molecular formula is C18H21N5O3. The highest BCUT2D eigenvalue weighted by Crippen LogP contribution is 2.18. The number of aromatic nitrogens is 3. The number of rotatable bonds is 8. The quantitative estimate of drug-likeness (QED) is 0.660. The molecule has 1 unspecified atom stereocenters. The van der Waals surface area contributed by atoms with Crippen molar-refractivity contribution in [3.05, 3.63) is 54.6 Å². The van der Waals surface area contributed by atoms with Crippen molar-refractivity contribution in [1.82, 2.24) is 25.3 Å². The van der Waals surface area contributed by atoms with Crippen molar-refractivity contribution in [2.24, 2.45) is 0 Å². The summed E-state index contributed by atoms with van der Waals surface area (Å²) >= 11 is 0. The van der Waals surface area contributed by atoms with E-state index in [1.807, 2.05) is 37.2 Å². The van der Waals surface area contributed by atoms with Crippen LogP contribution < -0.4 is 5.32 Å². The second kappa shape index (κ2) is 8.39. The summed E-state index contributed by atoms with van der Waals surface area (Å²) < 4.78 is 10.6. The smallest absolute Gasteiger partial charge is 0.227 e. The highest BCUT2D eigenvalue weighted by molar-refractivity contribution is 5.76. The molecule has 0 bridgehead atoms. The summed E-state index contributed by atoms with van der Waals surface area (Å²) in [5, 5.41) is 6.84. The van der Waals surface area contributed by atoms with Crippen molar-refractivity contribution in [2.45, 2.75) is 18.9 Å². The average Bonchev–Trinajstić information content (AvgIpc) is 3.33. The van der Waals surface area contributed by atoms with Crippen molar-refractivity contribution in [2.75, 3.05) is 20.6 Å². The number of carbonyl (C=O) groups excluding carboxylic acids is 1. The van der Waals surface area contributed by atoms with E-state index < -0.39 is 0 Å². The van der Waals surface area contributed by atoms with Gasteiger partial charge in [-0.3, -0.25) is 14.7 Å².